The highest BCUT2D eigenvalue weighted by atomic mass is 79.9. The molecule has 0 saturated heterocycles. The molecule has 0 aromatic heterocycles. The van der Waals surface area contributed by atoms with Gasteiger partial charge in [0.25, 0.3) is 11.8 Å². The fourth-order valence-corrected chi connectivity index (χ4v) is 4.15. The van der Waals surface area contributed by atoms with Gasteiger partial charge in [-0.25, -0.2) is 0 Å². The molecule has 2 amide bonds. The van der Waals surface area contributed by atoms with Crippen molar-refractivity contribution in [2.75, 3.05) is 10.2 Å². The van der Waals surface area contributed by atoms with Crippen LogP contribution in [0.25, 0.3) is 0 Å². The van der Waals surface area contributed by atoms with Crippen LogP contribution in [0.3, 0.4) is 0 Å². The van der Waals surface area contributed by atoms with Crippen LogP contribution in [-0.2, 0) is 17.0 Å². The third kappa shape index (κ3) is 2.45. The summed E-state index contributed by atoms with van der Waals surface area (Å²) in [4.78, 5) is 28.1. The lowest BCUT2D eigenvalue weighted by Gasteiger charge is -2.36. The molecule has 0 saturated carbocycles. The Morgan fingerprint density at radius 1 is 0.857 bits per heavy atom. The quantitative estimate of drug-likeness (QED) is 0.641. The number of hydrogen-bond donors (Lipinski definition) is 2. The summed E-state index contributed by atoms with van der Waals surface area (Å²) in [6, 6.07) is 22.7. The highest BCUT2D eigenvalue weighted by Gasteiger charge is 2.54. The van der Waals surface area contributed by atoms with Crippen LogP contribution in [0.15, 0.2) is 77.3 Å². The molecule has 0 fully saturated rings. The Labute approximate surface area is 170 Å². The number of carbonyl (C=O) groups is 2. The normalized spacial score (nSPS) is 19.8. The van der Waals surface area contributed by atoms with Crippen LogP contribution in [0, 0.1) is 0 Å². The van der Waals surface area contributed by atoms with Crippen LogP contribution >= 0.6 is 15.9 Å². The van der Waals surface area contributed by atoms with Crippen molar-refractivity contribution in [2.24, 2.45) is 0 Å². The maximum atomic E-state index is 13.6. The molecule has 2 aliphatic heterocycles. The molecule has 3 aromatic rings. The maximum Gasteiger partial charge on any atom is 0.278 e. The molecule has 2 heterocycles. The number of nitrogens with zero attached hydrogens (tertiary/aromatic N) is 1. The van der Waals surface area contributed by atoms with E-state index >= 15 is 0 Å². The Bertz CT molecular complexity index is 1110. The molecule has 0 radical (unpaired) electrons. The predicted molar refractivity (Wildman–Crippen MR) is 111 cm³/mol. The third-order valence-corrected chi connectivity index (χ3v) is 5.74. The minimum absolute atomic E-state index is 0.195. The van der Waals surface area contributed by atoms with Crippen molar-refractivity contribution in [1.29, 1.82) is 0 Å². The zero-order valence-electron chi connectivity index (χ0n) is 14.8. The number of anilines is 2. The second-order valence-corrected chi connectivity index (χ2v) is 7.83. The number of nitrogens with one attached hydrogen (secondary N) is 2. The lowest BCUT2D eigenvalue weighted by atomic mass is 9.96. The van der Waals surface area contributed by atoms with Gasteiger partial charge in [0.2, 0.25) is 5.66 Å². The third-order valence-electron chi connectivity index (χ3n) is 5.21. The Morgan fingerprint density at radius 3 is 2.39 bits per heavy atom. The van der Waals surface area contributed by atoms with Gasteiger partial charge >= 0.3 is 0 Å². The van der Waals surface area contributed by atoms with Crippen LogP contribution in [0.1, 0.15) is 21.5 Å². The Hall–Kier alpha value is -3.12. The summed E-state index contributed by atoms with van der Waals surface area (Å²) in [5, 5.41) is 6.23. The van der Waals surface area contributed by atoms with Gasteiger partial charge in [0.1, 0.15) is 0 Å². The predicted octanol–water partition coefficient (Wildman–Crippen LogP) is 4.00. The Balaban J connectivity index is 1.60. The van der Waals surface area contributed by atoms with Crippen LogP contribution < -0.4 is 15.5 Å². The Kier molecular flexibility index (Phi) is 3.77. The van der Waals surface area contributed by atoms with E-state index in [1.807, 2.05) is 66.7 Å². The number of halogens is 1. The number of amides is 2. The van der Waals surface area contributed by atoms with E-state index < -0.39 is 5.66 Å². The van der Waals surface area contributed by atoms with Gasteiger partial charge in [0, 0.05) is 15.7 Å². The molecule has 6 heteroatoms. The summed E-state index contributed by atoms with van der Waals surface area (Å²) in [6.07, 6.45) is 0. The second-order valence-electron chi connectivity index (χ2n) is 6.91. The molecule has 2 aliphatic rings. The summed E-state index contributed by atoms with van der Waals surface area (Å²) in [5.41, 5.74) is 2.44. The average Bonchev–Trinajstić information content (AvgIpc) is 2.92. The monoisotopic (exact) mass is 433 g/mol. The van der Waals surface area contributed by atoms with E-state index in [0.717, 1.165) is 21.3 Å². The van der Waals surface area contributed by atoms with Crippen LogP contribution in [0.2, 0.25) is 0 Å². The molecule has 1 atom stereocenters. The molecule has 5 rings (SSSR count). The fourth-order valence-electron chi connectivity index (χ4n) is 3.89. The van der Waals surface area contributed by atoms with Gasteiger partial charge in [-0.1, -0.05) is 58.4 Å². The van der Waals surface area contributed by atoms with Crippen molar-refractivity contribution in [1.82, 2.24) is 5.32 Å². The zero-order valence-corrected chi connectivity index (χ0v) is 16.4. The van der Waals surface area contributed by atoms with Crippen LogP contribution in [0.5, 0.6) is 0 Å². The highest BCUT2D eigenvalue weighted by molar-refractivity contribution is 9.10. The smallest absolute Gasteiger partial charge is 0.278 e. The molecule has 0 aliphatic carbocycles. The van der Waals surface area contributed by atoms with Crippen molar-refractivity contribution >= 4 is 39.1 Å². The first-order valence-electron chi connectivity index (χ1n) is 8.94. The standard InChI is InChI=1S/C22H16BrN3O2/c23-15-11-9-14(10-12-15)13-26-19-8-4-2-6-17(19)22(21(26)28)24-18-7-3-1-5-16(18)20(27)25-22/h1-12,24H,13H2,(H,25,27). The van der Waals surface area contributed by atoms with Crippen molar-refractivity contribution in [3.63, 3.8) is 0 Å². The maximum absolute atomic E-state index is 13.6. The number of rotatable bonds is 2. The van der Waals surface area contributed by atoms with Crippen molar-refractivity contribution < 1.29 is 9.59 Å². The summed E-state index contributed by atoms with van der Waals surface area (Å²) >= 11 is 3.44. The van der Waals surface area contributed by atoms with E-state index in [1.54, 1.807) is 11.0 Å². The number of hydrogen-bond acceptors (Lipinski definition) is 3. The van der Waals surface area contributed by atoms with E-state index in [0.29, 0.717) is 17.8 Å². The number of fused-ring (bicyclic) bond motifs is 3. The lowest BCUT2D eigenvalue weighted by Crippen LogP contribution is -2.60. The molecular formula is C22H16BrN3O2. The first-order valence-corrected chi connectivity index (χ1v) is 9.73. The number of para-hydroxylation sites is 2. The highest BCUT2D eigenvalue weighted by Crippen LogP contribution is 2.43. The molecule has 1 unspecified atom stereocenters. The molecule has 28 heavy (non-hydrogen) atoms. The first-order chi connectivity index (χ1) is 13.6. The minimum atomic E-state index is -1.29. The van der Waals surface area contributed by atoms with Gasteiger partial charge in [0.15, 0.2) is 0 Å². The van der Waals surface area contributed by atoms with Gasteiger partial charge < -0.3 is 15.5 Å². The number of benzene rings is 3. The zero-order chi connectivity index (χ0) is 19.3. The summed E-state index contributed by atoms with van der Waals surface area (Å²) in [5.74, 6) is -0.456. The second kappa shape index (κ2) is 6.21. The lowest BCUT2D eigenvalue weighted by molar-refractivity contribution is -0.123. The van der Waals surface area contributed by atoms with E-state index in [2.05, 4.69) is 26.6 Å². The average molecular weight is 434 g/mol. The summed E-state index contributed by atoms with van der Waals surface area (Å²) < 4.78 is 0.985. The molecular weight excluding hydrogens is 418 g/mol. The first kappa shape index (κ1) is 17.0. The van der Waals surface area contributed by atoms with E-state index in [1.165, 1.54) is 0 Å². The molecule has 138 valence electrons. The molecule has 1 spiro atoms. The molecule has 5 nitrogen and oxygen atoms in total. The summed E-state index contributed by atoms with van der Waals surface area (Å²) in [6.45, 7) is 0.421. The van der Waals surface area contributed by atoms with E-state index in [4.69, 9.17) is 0 Å². The molecule has 2 N–H and O–H groups in total. The van der Waals surface area contributed by atoms with Gasteiger partial charge in [-0.3, -0.25) is 9.59 Å². The minimum Gasteiger partial charge on any atom is -0.350 e. The van der Waals surface area contributed by atoms with Gasteiger partial charge in [0.05, 0.1) is 17.8 Å². The SMILES string of the molecule is O=C1NC2(Nc3ccccc31)C(=O)N(Cc1ccc(Br)cc1)c1ccccc12. The molecule has 0 bridgehead atoms. The van der Waals surface area contributed by atoms with Gasteiger partial charge in [-0.15, -0.1) is 0 Å². The summed E-state index contributed by atoms with van der Waals surface area (Å²) in [7, 11) is 0. The van der Waals surface area contributed by atoms with Crippen molar-refractivity contribution in [3.8, 4) is 0 Å². The van der Waals surface area contributed by atoms with Crippen LogP contribution in [0.4, 0.5) is 11.4 Å². The Morgan fingerprint density at radius 2 is 1.57 bits per heavy atom. The number of carbonyl (C=O) groups excluding carboxylic acids is 2. The largest absolute Gasteiger partial charge is 0.350 e. The van der Waals surface area contributed by atoms with Gasteiger partial charge in [-0.05, 0) is 35.9 Å². The van der Waals surface area contributed by atoms with E-state index in [-0.39, 0.29) is 11.8 Å². The van der Waals surface area contributed by atoms with Gasteiger partial charge in [-0.2, -0.15) is 0 Å². The van der Waals surface area contributed by atoms with Crippen LogP contribution in [-0.4, -0.2) is 11.8 Å². The van der Waals surface area contributed by atoms with E-state index in [9.17, 15) is 9.59 Å². The fraction of sp³-hybridized carbons (Fsp3) is 0.0909. The molecule has 3 aromatic carbocycles. The topological polar surface area (TPSA) is 61.4 Å². The van der Waals surface area contributed by atoms with Crippen molar-refractivity contribution in [3.05, 3.63) is 94.0 Å². The van der Waals surface area contributed by atoms with Crippen molar-refractivity contribution in [2.45, 2.75) is 12.2 Å².